The molecule has 29 heavy (non-hydrogen) atoms. The number of hydrogen-bond acceptors (Lipinski definition) is 6. The zero-order valence-corrected chi connectivity index (χ0v) is 19.0. The Balaban J connectivity index is 2.04. The van der Waals surface area contributed by atoms with Gasteiger partial charge in [-0.25, -0.2) is 19.3 Å². The lowest BCUT2D eigenvalue weighted by molar-refractivity contribution is 0.0825. The summed E-state index contributed by atoms with van der Waals surface area (Å²) in [6.07, 6.45) is 3.59. The molecule has 6 nitrogen and oxygen atoms in total. The van der Waals surface area contributed by atoms with E-state index in [1.807, 2.05) is 10.8 Å². The summed E-state index contributed by atoms with van der Waals surface area (Å²) in [5.74, 6) is -0.105. The number of benzene rings is 1. The molecular weight excluding hydrogens is 405 g/mol. The molecular formula is C20H26FN5OSSi. The summed E-state index contributed by atoms with van der Waals surface area (Å²) in [7, 11) is -1.18. The van der Waals surface area contributed by atoms with Crippen LogP contribution in [0.2, 0.25) is 25.7 Å². The first-order valence-corrected chi connectivity index (χ1v) is 14.3. The molecule has 0 saturated heterocycles. The van der Waals surface area contributed by atoms with Crippen molar-refractivity contribution < 1.29 is 9.13 Å². The van der Waals surface area contributed by atoms with Crippen molar-refractivity contribution in [2.75, 3.05) is 18.6 Å². The van der Waals surface area contributed by atoms with Crippen LogP contribution >= 0.6 is 11.8 Å². The lowest BCUT2D eigenvalue weighted by atomic mass is 10.1. The number of nitrogens with zero attached hydrogens (tertiary/aromatic N) is 4. The van der Waals surface area contributed by atoms with E-state index >= 15 is 0 Å². The van der Waals surface area contributed by atoms with Crippen molar-refractivity contribution in [1.82, 2.24) is 19.5 Å². The molecule has 0 unspecified atom stereocenters. The van der Waals surface area contributed by atoms with Gasteiger partial charge in [-0.15, -0.1) is 0 Å². The van der Waals surface area contributed by atoms with Crippen molar-refractivity contribution >= 4 is 25.8 Å². The molecule has 0 atom stereocenters. The van der Waals surface area contributed by atoms with Crippen LogP contribution in [0.4, 0.5) is 10.3 Å². The number of imidazole rings is 1. The van der Waals surface area contributed by atoms with Crippen molar-refractivity contribution in [3.05, 3.63) is 42.3 Å². The molecule has 0 aliphatic rings. The van der Waals surface area contributed by atoms with Gasteiger partial charge in [-0.3, -0.25) is 4.57 Å². The van der Waals surface area contributed by atoms with Crippen LogP contribution in [0.1, 0.15) is 0 Å². The van der Waals surface area contributed by atoms with Crippen molar-refractivity contribution in [3.63, 3.8) is 0 Å². The fourth-order valence-corrected chi connectivity index (χ4v) is 4.12. The second-order valence-electron chi connectivity index (χ2n) is 7.88. The van der Waals surface area contributed by atoms with Crippen LogP contribution in [-0.2, 0) is 11.5 Å². The van der Waals surface area contributed by atoms with E-state index < -0.39 is 8.07 Å². The van der Waals surface area contributed by atoms with Crippen LogP contribution in [0.15, 0.2) is 41.7 Å². The van der Waals surface area contributed by atoms with Gasteiger partial charge in [-0.05, 0) is 42.6 Å². The van der Waals surface area contributed by atoms with Crippen molar-refractivity contribution in [2.24, 2.45) is 0 Å². The highest BCUT2D eigenvalue weighted by Crippen LogP contribution is 2.35. The average molecular weight is 432 g/mol. The quantitative estimate of drug-likeness (QED) is 0.315. The molecule has 154 valence electrons. The maximum Gasteiger partial charge on any atom is 0.220 e. The third-order valence-electron chi connectivity index (χ3n) is 4.37. The molecule has 0 aliphatic carbocycles. The maximum absolute atomic E-state index is 13.4. The average Bonchev–Trinajstić information content (AvgIpc) is 3.03. The van der Waals surface area contributed by atoms with E-state index in [-0.39, 0.29) is 11.8 Å². The molecule has 9 heteroatoms. The SMILES string of the molecule is CSc1nc(-c2ccc(F)cc2)c(-c2ccnc(N)n2)n1COCC[Si](C)(C)C. The number of nitrogen functional groups attached to an aromatic ring is 1. The topological polar surface area (TPSA) is 78.9 Å². The van der Waals surface area contributed by atoms with Crippen LogP contribution in [0.5, 0.6) is 0 Å². The van der Waals surface area contributed by atoms with E-state index in [9.17, 15) is 4.39 Å². The Kier molecular flexibility index (Phi) is 6.71. The van der Waals surface area contributed by atoms with E-state index in [1.165, 1.54) is 23.9 Å². The minimum Gasteiger partial charge on any atom is -0.368 e. The maximum atomic E-state index is 13.4. The third-order valence-corrected chi connectivity index (χ3v) is 6.75. The fraction of sp³-hybridized carbons (Fsp3) is 0.350. The van der Waals surface area contributed by atoms with E-state index in [0.29, 0.717) is 24.7 Å². The number of hydrogen-bond donors (Lipinski definition) is 1. The van der Waals surface area contributed by atoms with Gasteiger partial charge in [0, 0.05) is 26.4 Å². The minimum atomic E-state index is -1.18. The summed E-state index contributed by atoms with van der Waals surface area (Å²) >= 11 is 1.52. The van der Waals surface area contributed by atoms with Gasteiger partial charge >= 0.3 is 0 Å². The van der Waals surface area contributed by atoms with Gasteiger partial charge in [0.1, 0.15) is 12.5 Å². The van der Waals surface area contributed by atoms with E-state index in [0.717, 1.165) is 22.5 Å². The van der Waals surface area contributed by atoms with Gasteiger partial charge in [0.25, 0.3) is 0 Å². The van der Waals surface area contributed by atoms with Crippen LogP contribution in [0.3, 0.4) is 0 Å². The molecule has 0 aliphatic heterocycles. The largest absolute Gasteiger partial charge is 0.368 e. The standard InChI is InChI=1S/C20H26FN5OSSi/c1-28-20-25-17(14-5-7-15(21)8-6-14)18(16-9-10-23-19(22)24-16)26(20)13-27-11-12-29(2,3)4/h5-10H,11-13H2,1-4H3,(H2,22,23,24). The summed E-state index contributed by atoms with van der Waals surface area (Å²) in [5.41, 5.74) is 8.77. The zero-order valence-electron chi connectivity index (χ0n) is 17.1. The predicted octanol–water partition coefficient (Wildman–Crippen LogP) is 4.76. The first-order valence-electron chi connectivity index (χ1n) is 9.35. The second-order valence-corrected chi connectivity index (χ2v) is 14.3. The van der Waals surface area contributed by atoms with Gasteiger partial charge in [-0.2, -0.15) is 0 Å². The number of aromatic nitrogens is 4. The van der Waals surface area contributed by atoms with Crippen LogP contribution in [0.25, 0.3) is 22.6 Å². The molecule has 0 saturated carbocycles. The Morgan fingerprint density at radius 1 is 1.14 bits per heavy atom. The second kappa shape index (κ2) is 9.06. The Hall–Kier alpha value is -2.23. The van der Waals surface area contributed by atoms with Crippen LogP contribution in [0, 0.1) is 5.82 Å². The Labute approximate surface area is 175 Å². The van der Waals surface area contributed by atoms with Gasteiger partial charge < -0.3 is 10.5 Å². The third kappa shape index (κ3) is 5.43. The summed E-state index contributed by atoms with van der Waals surface area (Å²) in [6.45, 7) is 8.01. The molecule has 2 aromatic heterocycles. The number of anilines is 1. The molecule has 0 amide bonds. The molecule has 1 aromatic carbocycles. The first-order chi connectivity index (χ1) is 13.8. The normalized spacial score (nSPS) is 11.8. The number of nitrogens with two attached hydrogens (primary N) is 1. The molecule has 3 aromatic rings. The highest BCUT2D eigenvalue weighted by molar-refractivity contribution is 7.98. The van der Waals surface area contributed by atoms with Crippen LogP contribution < -0.4 is 5.73 Å². The summed E-state index contributed by atoms with van der Waals surface area (Å²) in [6, 6.07) is 9.16. The number of ether oxygens (including phenoxy) is 1. The van der Waals surface area contributed by atoms with E-state index in [4.69, 9.17) is 15.5 Å². The van der Waals surface area contributed by atoms with Crippen molar-refractivity contribution in [3.8, 4) is 22.6 Å². The molecule has 0 spiro atoms. The van der Waals surface area contributed by atoms with Gasteiger partial charge in [0.05, 0.1) is 17.1 Å². The smallest absolute Gasteiger partial charge is 0.220 e. The highest BCUT2D eigenvalue weighted by Gasteiger charge is 2.22. The number of halogens is 1. The van der Waals surface area contributed by atoms with Gasteiger partial charge in [0.2, 0.25) is 5.95 Å². The number of thioether (sulfide) groups is 1. The van der Waals surface area contributed by atoms with E-state index in [1.54, 1.807) is 24.4 Å². The lowest BCUT2D eigenvalue weighted by Crippen LogP contribution is -2.22. The van der Waals surface area contributed by atoms with Crippen molar-refractivity contribution in [1.29, 1.82) is 0 Å². The molecule has 0 radical (unpaired) electrons. The Bertz CT molecular complexity index is 972. The lowest BCUT2D eigenvalue weighted by Gasteiger charge is -2.17. The number of rotatable bonds is 8. The van der Waals surface area contributed by atoms with Gasteiger partial charge in [0.15, 0.2) is 5.16 Å². The van der Waals surface area contributed by atoms with E-state index in [2.05, 4.69) is 29.6 Å². The first kappa shape index (κ1) is 21.5. The molecule has 0 fully saturated rings. The van der Waals surface area contributed by atoms with Crippen molar-refractivity contribution in [2.45, 2.75) is 37.6 Å². The zero-order chi connectivity index (χ0) is 21.0. The minimum absolute atomic E-state index is 0.186. The molecule has 0 bridgehead atoms. The molecule has 2 N–H and O–H groups in total. The highest BCUT2D eigenvalue weighted by atomic mass is 32.2. The Morgan fingerprint density at radius 2 is 1.86 bits per heavy atom. The monoisotopic (exact) mass is 431 g/mol. The summed E-state index contributed by atoms with van der Waals surface area (Å²) in [4.78, 5) is 13.2. The predicted molar refractivity (Wildman–Crippen MR) is 119 cm³/mol. The summed E-state index contributed by atoms with van der Waals surface area (Å²) < 4.78 is 21.5. The molecule has 3 rings (SSSR count). The Morgan fingerprint density at radius 3 is 2.48 bits per heavy atom. The van der Waals surface area contributed by atoms with Gasteiger partial charge in [-0.1, -0.05) is 31.4 Å². The van der Waals surface area contributed by atoms with Crippen LogP contribution in [-0.4, -0.2) is 40.5 Å². The fourth-order valence-electron chi connectivity index (χ4n) is 2.82. The molecule has 2 heterocycles. The summed E-state index contributed by atoms with van der Waals surface area (Å²) in [5, 5.41) is 0.796.